The molecule has 4 rings (SSSR count). The Morgan fingerprint density at radius 2 is 2.00 bits per heavy atom. The van der Waals surface area contributed by atoms with Gasteiger partial charge in [-0.2, -0.15) is 0 Å². The van der Waals surface area contributed by atoms with Crippen molar-refractivity contribution in [2.75, 3.05) is 39.8 Å². The first-order valence-electron chi connectivity index (χ1n) is 8.97. The van der Waals surface area contributed by atoms with Crippen molar-refractivity contribution < 1.29 is 9.59 Å². The number of piperidine rings is 1. The maximum absolute atomic E-state index is 13.0. The first-order chi connectivity index (χ1) is 12.1. The number of urea groups is 1. The SMILES string of the molecule is CN1C(=O)N[C@@H](c2cccs2)C2=C1CN(CCN1CCCCC1)C2=O. The quantitative estimate of drug-likeness (QED) is 0.894. The number of carbonyl (C=O) groups excluding carboxylic acids is 2. The van der Waals surface area contributed by atoms with Crippen LogP contribution in [0.2, 0.25) is 0 Å². The summed E-state index contributed by atoms with van der Waals surface area (Å²) in [6, 6.07) is 3.49. The molecule has 0 aromatic carbocycles. The number of nitrogens with zero attached hydrogens (tertiary/aromatic N) is 3. The van der Waals surface area contributed by atoms with Gasteiger partial charge in [0.15, 0.2) is 0 Å². The Kier molecular flexibility index (Phi) is 4.52. The fourth-order valence-electron chi connectivity index (χ4n) is 3.92. The lowest BCUT2D eigenvalue weighted by molar-refractivity contribution is -0.126. The van der Waals surface area contributed by atoms with E-state index < -0.39 is 0 Å². The van der Waals surface area contributed by atoms with E-state index in [0.29, 0.717) is 6.54 Å². The standard InChI is InChI=1S/C18H24N4O2S/c1-20-13-12-22(10-9-21-7-3-2-4-8-21)17(23)15(13)16(19-18(20)24)14-6-5-11-25-14/h5-6,11,16H,2-4,7-10,12H2,1H3,(H,19,24)/t16-/m0/s1. The molecule has 1 saturated heterocycles. The zero-order chi connectivity index (χ0) is 17.4. The molecule has 134 valence electrons. The maximum atomic E-state index is 13.0. The van der Waals surface area contributed by atoms with Gasteiger partial charge in [-0.05, 0) is 37.4 Å². The molecule has 3 amide bonds. The van der Waals surface area contributed by atoms with Gasteiger partial charge in [0.1, 0.15) is 0 Å². The van der Waals surface area contributed by atoms with Crippen LogP contribution in [0.4, 0.5) is 4.79 Å². The van der Waals surface area contributed by atoms with E-state index in [9.17, 15) is 9.59 Å². The maximum Gasteiger partial charge on any atom is 0.322 e. The van der Waals surface area contributed by atoms with E-state index in [-0.39, 0.29) is 18.0 Å². The number of rotatable bonds is 4. The molecule has 1 aromatic rings. The number of carbonyl (C=O) groups is 2. The van der Waals surface area contributed by atoms with Gasteiger partial charge in [0.25, 0.3) is 5.91 Å². The Bertz CT molecular complexity index is 694. The Morgan fingerprint density at radius 3 is 2.72 bits per heavy atom. The highest BCUT2D eigenvalue weighted by Crippen LogP contribution is 2.37. The zero-order valence-corrected chi connectivity index (χ0v) is 15.3. The second-order valence-electron chi connectivity index (χ2n) is 6.95. The van der Waals surface area contributed by atoms with E-state index in [1.807, 2.05) is 22.4 Å². The summed E-state index contributed by atoms with van der Waals surface area (Å²) in [5.41, 5.74) is 1.59. The molecule has 1 fully saturated rings. The predicted octanol–water partition coefficient (Wildman–Crippen LogP) is 2.03. The van der Waals surface area contributed by atoms with Gasteiger partial charge in [0.05, 0.1) is 23.9 Å². The van der Waals surface area contributed by atoms with Gasteiger partial charge in [-0.25, -0.2) is 4.79 Å². The minimum Gasteiger partial charge on any atom is -0.332 e. The summed E-state index contributed by atoms with van der Waals surface area (Å²) in [4.78, 5) is 32.3. The minimum absolute atomic E-state index is 0.0669. The summed E-state index contributed by atoms with van der Waals surface area (Å²) < 4.78 is 0. The molecule has 25 heavy (non-hydrogen) atoms. The van der Waals surface area contributed by atoms with Crippen LogP contribution in [0.25, 0.3) is 0 Å². The fraction of sp³-hybridized carbons (Fsp3) is 0.556. The van der Waals surface area contributed by atoms with Crippen molar-refractivity contribution in [1.29, 1.82) is 0 Å². The van der Waals surface area contributed by atoms with Crippen LogP contribution in [0, 0.1) is 0 Å². The smallest absolute Gasteiger partial charge is 0.322 e. The van der Waals surface area contributed by atoms with E-state index in [1.165, 1.54) is 19.3 Å². The summed E-state index contributed by atoms with van der Waals surface area (Å²) in [6.07, 6.45) is 3.82. The average molecular weight is 360 g/mol. The van der Waals surface area contributed by atoms with Crippen LogP contribution in [-0.2, 0) is 4.79 Å². The molecule has 1 atom stereocenters. The Labute approximate surface area is 152 Å². The number of likely N-dealkylation sites (tertiary alicyclic amines) is 1. The zero-order valence-electron chi connectivity index (χ0n) is 14.5. The highest BCUT2D eigenvalue weighted by molar-refractivity contribution is 7.10. The second-order valence-corrected chi connectivity index (χ2v) is 7.93. The summed E-state index contributed by atoms with van der Waals surface area (Å²) >= 11 is 1.57. The molecule has 0 aliphatic carbocycles. The van der Waals surface area contributed by atoms with Crippen LogP contribution < -0.4 is 5.32 Å². The summed E-state index contributed by atoms with van der Waals surface area (Å²) in [7, 11) is 1.75. The molecule has 0 saturated carbocycles. The van der Waals surface area contributed by atoms with Crippen molar-refractivity contribution in [3.63, 3.8) is 0 Å². The first kappa shape index (κ1) is 16.6. The first-order valence-corrected chi connectivity index (χ1v) is 9.85. The number of thiophene rings is 1. The molecule has 3 aliphatic rings. The third-order valence-electron chi connectivity index (χ3n) is 5.40. The lowest BCUT2D eigenvalue weighted by Gasteiger charge is -2.30. The second kappa shape index (κ2) is 6.80. The molecule has 0 radical (unpaired) electrons. The van der Waals surface area contributed by atoms with Crippen LogP contribution in [0.5, 0.6) is 0 Å². The number of hydrogen-bond acceptors (Lipinski definition) is 4. The molecule has 1 aromatic heterocycles. The molecular formula is C18H24N4O2S. The molecule has 3 aliphatic heterocycles. The number of likely N-dealkylation sites (N-methyl/N-ethyl adjacent to an activating group) is 1. The number of amides is 3. The van der Waals surface area contributed by atoms with E-state index in [1.54, 1.807) is 23.3 Å². The molecule has 6 nitrogen and oxygen atoms in total. The van der Waals surface area contributed by atoms with Gasteiger partial charge in [0, 0.05) is 25.0 Å². The molecular weight excluding hydrogens is 336 g/mol. The summed E-state index contributed by atoms with van der Waals surface area (Å²) in [5.74, 6) is 0.0669. The van der Waals surface area contributed by atoms with Gasteiger partial charge < -0.3 is 15.1 Å². The molecule has 7 heteroatoms. The molecule has 4 heterocycles. The highest BCUT2D eigenvalue weighted by Gasteiger charge is 2.43. The topological polar surface area (TPSA) is 55.9 Å². The molecule has 0 spiro atoms. The number of hydrogen-bond donors (Lipinski definition) is 1. The lowest BCUT2D eigenvalue weighted by Crippen LogP contribution is -2.45. The fourth-order valence-corrected chi connectivity index (χ4v) is 4.70. The van der Waals surface area contributed by atoms with Gasteiger partial charge in [-0.3, -0.25) is 9.69 Å². The monoisotopic (exact) mass is 360 g/mol. The minimum atomic E-state index is -0.314. The Balaban J connectivity index is 1.51. The van der Waals surface area contributed by atoms with E-state index >= 15 is 0 Å². The number of nitrogens with one attached hydrogen (secondary N) is 1. The van der Waals surface area contributed by atoms with Crippen molar-refractivity contribution in [2.45, 2.75) is 25.3 Å². The third kappa shape index (κ3) is 3.06. The van der Waals surface area contributed by atoms with Crippen molar-refractivity contribution in [3.8, 4) is 0 Å². The molecule has 0 bridgehead atoms. The van der Waals surface area contributed by atoms with E-state index in [0.717, 1.165) is 42.3 Å². The third-order valence-corrected chi connectivity index (χ3v) is 6.33. The van der Waals surface area contributed by atoms with Gasteiger partial charge in [0.2, 0.25) is 0 Å². The normalized spacial score (nSPS) is 24.8. The summed E-state index contributed by atoms with van der Waals surface area (Å²) in [5, 5.41) is 4.96. The molecule has 0 unspecified atom stereocenters. The average Bonchev–Trinajstić information content (AvgIpc) is 3.26. The van der Waals surface area contributed by atoms with Gasteiger partial charge >= 0.3 is 6.03 Å². The largest absolute Gasteiger partial charge is 0.332 e. The van der Waals surface area contributed by atoms with Crippen LogP contribution in [-0.4, -0.2) is 66.4 Å². The van der Waals surface area contributed by atoms with Crippen molar-refractivity contribution in [3.05, 3.63) is 33.7 Å². The van der Waals surface area contributed by atoms with Crippen LogP contribution in [0.15, 0.2) is 28.8 Å². The predicted molar refractivity (Wildman–Crippen MR) is 97.3 cm³/mol. The summed E-state index contributed by atoms with van der Waals surface area (Å²) in [6.45, 7) is 4.44. The van der Waals surface area contributed by atoms with Gasteiger partial charge in [-0.15, -0.1) is 11.3 Å². The van der Waals surface area contributed by atoms with E-state index in [4.69, 9.17) is 0 Å². The van der Waals surface area contributed by atoms with E-state index in [2.05, 4.69) is 10.2 Å². The van der Waals surface area contributed by atoms with Crippen molar-refractivity contribution >= 4 is 23.3 Å². The Morgan fingerprint density at radius 1 is 1.20 bits per heavy atom. The highest BCUT2D eigenvalue weighted by atomic mass is 32.1. The molecule has 1 N–H and O–H groups in total. The van der Waals surface area contributed by atoms with Crippen LogP contribution in [0.3, 0.4) is 0 Å². The van der Waals surface area contributed by atoms with Gasteiger partial charge in [-0.1, -0.05) is 12.5 Å². The van der Waals surface area contributed by atoms with Crippen LogP contribution in [0.1, 0.15) is 30.2 Å². The Hall–Kier alpha value is -1.86. The lowest BCUT2D eigenvalue weighted by atomic mass is 10.0. The van der Waals surface area contributed by atoms with Crippen molar-refractivity contribution in [2.24, 2.45) is 0 Å². The van der Waals surface area contributed by atoms with Crippen LogP contribution >= 0.6 is 11.3 Å². The van der Waals surface area contributed by atoms with Crippen molar-refractivity contribution in [1.82, 2.24) is 20.0 Å².